The molecule has 0 bridgehead atoms. The average Bonchev–Trinajstić information content (AvgIpc) is 3.14. The van der Waals surface area contributed by atoms with Crippen LogP contribution in [0.5, 0.6) is 5.75 Å². The average molecular weight is 979 g/mol. The number of ether oxygens (including phenoxy) is 1. The van der Waals surface area contributed by atoms with E-state index >= 15 is 0 Å². The molecule has 0 fully saturated rings. The van der Waals surface area contributed by atoms with Gasteiger partial charge in [0.15, 0.2) is 0 Å². The van der Waals surface area contributed by atoms with Crippen LogP contribution in [-0.2, 0) is 26.8 Å². The topological polar surface area (TPSA) is 89.1 Å². The summed E-state index contributed by atoms with van der Waals surface area (Å²) in [6.45, 7) is 14.8. The first kappa shape index (κ1) is 42.7. The molecule has 0 aliphatic rings. The Morgan fingerprint density at radius 3 is 1.43 bits per heavy atom. The zero-order valence-corrected chi connectivity index (χ0v) is 38.4. The summed E-state index contributed by atoms with van der Waals surface area (Å²) in [7, 11) is 4.27. The molecular weight excluding hydrogens is 921 g/mol. The molecule has 0 atom stereocenters. The van der Waals surface area contributed by atoms with Crippen molar-refractivity contribution < 1.29 is 44.1 Å². The molecule has 9 heteroatoms. The molecule has 0 unspecified atom stereocenters. The molecule has 0 radical (unpaired) electrons. The quantitative estimate of drug-likeness (QED) is 0.0575. The number of nitrogens with zero attached hydrogens (tertiary/aromatic N) is 2. The van der Waals surface area contributed by atoms with E-state index in [0.29, 0.717) is 41.7 Å². The van der Waals surface area contributed by atoms with Crippen LogP contribution >= 0.6 is 0 Å². The number of phenolic OH excluding ortho intramolecular Hbond substituents is 1. The molecular formula is C47H58N5O3U. The molecule has 0 saturated carbocycles. The van der Waals surface area contributed by atoms with Crippen LogP contribution in [-0.4, -0.2) is 54.0 Å². The third kappa shape index (κ3) is 12.3. The number of nitrogens with one attached hydrogen (secondary N) is 3. The van der Waals surface area contributed by atoms with Crippen molar-refractivity contribution in [3.63, 3.8) is 0 Å². The van der Waals surface area contributed by atoms with E-state index in [9.17, 15) is 9.90 Å². The first-order valence-corrected chi connectivity index (χ1v) is 21.4. The number of carbonyl (C=O) groups is 1. The van der Waals surface area contributed by atoms with Crippen molar-refractivity contribution in [2.24, 2.45) is 0 Å². The van der Waals surface area contributed by atoms with Crippen LogP contribution in [0.4, 0.5) is 34.1 Å². The third-order valence-electron chi connectivity index (χ3n) is 9.72. The molecule has 0 amide bonds. The van der Waals surface area contributed by atoms with Gasteiger partial charge in [0, 0.05) is 0 Å². The van der Waals surface area contributed by atoms with Crippen molar-refractivity contribution in [1.29, 1.82) is 0 Å². The number of rotatable bonds is 16. The summed E-state index contributed by atoms with van der Waals surface area (Å²) in [6, 6.07) is 41.3. The van der Waals surface area contributed by atoms with Crippen LogP contribution in [0.15, 0.2) is 121 Å². The van der Waals surface area contributed by atoms with Crippen molar-refractivity contribution in [1.82, 2.24) is 5.32 Å². The van der Waals surface area contributed by atoms with Crippen molar-refractivity contribution in [2.45, 2.75) is 61.4 Å². The number of aromatic hydroxyl groups is 1. The van der Waals surface area contributed by atoms with Crippen LogP contribution in [0.3, 0.4) is 0 Å². The van der Waals surface area contributed by atoms with E-state index in [1.54, 1.807) is 0 Å². The maximum atomic E-state index is 13.2. The van der Waals surface area contributed by atoms with Crippen molar-refractivity contribution in [3.05, 3.63) is 138 Å². The van der Waals surface area contributed by atoms with Crippen LogP contribution in [0.25, 0.3) is 0 Å². The Bertz CT molecular complexity index is 1880. The Balaban J connectivity index is 1.26. The molecule has 5 aromatic carbocycles. The normalized spacial score (nSPS) is 11.9. The second kappa shape index (κ2) is 18.7. The second-order valence-corrected chi connectivity index (χ2v) is 20.7. The zero-order chi connectivity index (χ0) is 40.5. The second-order valence-electron chi connectivity index (χ2n) is 16.7. The molecule has 5 aromatic rings. The SMILES string of the molecule is CN(C[C]([U])(CN(C)c1ccc(Nc2ccccc2)cc1)NCCOC(=O)Cc1cc(C(C)(C)C)c(O)c(C(C)(C)C)c1)c1ccc(Nc2ccccc2)cc1. The van der Waals surface area contributed by atoms with Gasteiger partial charge in [-0.25, -0.2) is 0 Å². The fourth-order valence-electron chi connectivity index (χ4n) is 6.74. The molecule has 0 aliphatic heterocycles. The van der Waals surface area contributed by atoms with Gasteiger partial charge >= 0.3 is 355 Å². The Morgan fingerprint density at radius 1 is 0.643 bits per heavy atom. The molecule has 4 N–H and O–H groups in total. The maximum absolute atomic E-state index is 13.2. The summed E-state index contributed by atoms with van der Waals surface area (Å²) >= 11 is 0.534. The fourth-order valence-corrected chi connectivity index (χ4v) is 9.24. The van der Waals surface area contributed by atoms with Gasteiger partial charge in [0.05, 0.1) is 0 Å². The number of anilines is 6. The number of phenols is 1. The summed E-state index contributed by atoms with van der Waals surface area (Å²) in [6.07, 6.45) is 0.149. The van der Waals surface area contributed by atoms with E-state index in [-0.39, 0.29) is 32.4 Å². The van der Waals surface area contributed by atoms with Gasteiger partial charge in [-0.05, 0) is 0 Å². The number of benzene rings is 5. The van der Waals surface area contributed by atoms with Crippen molar-refractivity contribution >= 4 is 40.1 Å². The number of likely N-dealkylation sites (N-methyl/N-ethyl adjacent to an activating group) is 2. The molecule has 293 valence electrons. The molecule has 0 heterocycles. The van der Waals surface area contributed by atoms with Crippen LogP contribution in [0.2, 0.25) is 0 Å². The Labute approximate surface area is 353 Å². The number of para-hydroxylation sites is 2. The van der Waals surface area contributed by atoms with Gasteiger partial charge < -0.3 is 0 Å². The van der Waals surface area contributed by atoms with Gasteiger partial charge in [-0.15, -0.1) is 0 Å². The minimum atomic E-state index is -0.276. The first-order chi connectivity index (χ1) is 26.5. The minimum absolute atomic E-state index is 0.149. The number of hydrogen-bond acceptors (Lipinski definition) is 8. The van der Waals surface area contributed by atoms with Gasteiger partial charge in [0.25, 0.3) is 0 Å². The molecule has 0 saturated heterocycles. The van der Waals surface area contributed by atoms with Crippen LogP contribution in [0, 0.1) is 29.4 Å². The molecule has 5 rings (SSSR count). The fraction of sp³-hybridized carbons (Fsp3) is 0.340. The van der Waals surface area contributed by atoms with Crippen molar-refractivity contribution in [3.8, 4) is 5.75 Å². The predicted octanol–water partition coefficient (Wildman–Crippen LogP) is 9.67. The van der Waals surface area contributed by atoms with E-state index in [1.165, 1.54) is 0 Å². The summed E-state index contributed by atoms with van der Waals surface area (Å²) in [5.74, 6) is 0.0339. The van der Waals surface area contributed by atoms with E-state index in [1.807, 2.05) is 48.5 Å². The summed E-state index contributed by atoms with van der Waals surface area (Å²) < 4.78 is 5.62. The first-order valence-electron chi connectivity index (χ1n) is 19.3. The molecule has 0 spiro atoms. The van der Waals surface area contributed by atoms with Crippen LogP contribution in [0.1, 0.15) is 58.2 Å². The Morgan fingerprint density at radius 2 is 1.04 bits per heavy atom. The standard InChI is InChI=1S/C47H58N5O3.U/c1-46(2,3)42-29-34(30-43(45(42)54)47(4,5)6)31-44(53)55-28-27-48-39(32-51(7)40-23-19-37(20-24-40)49-35-15-11-9-12-16-35)33-52(8)41-25-21-38(22-26-41)50-36-17-13-10-14-18-36;/h9-26,29-30,48-50,54H,27-28,31-33H2,1-8H3;. The van der Waals surface area contributed by atoms with Crippen LogP contribution < -0.4 is 25.8 Å². The predicted molar refractivity (Wildman–Crippen MR) is 230 cm³/mol. The molecule has 8 nitrogen and oxygen atoms in total. The van der Waals surface area contributed by atoms with E-state index in [2.05, 4.69) is 154 Å². The Kier molecular flexibility index (Phi) is 14.3. The number of carbonyl (C=O) groups excluding carboxylic acids is 1. The molecule has 0 aromatic heterocycles. The van der Waals surface area contributed by atoms with E-state index < -0.39 is 0 Å². The van der Waals surface area contributed by atoms with Gasteiger partial charge in [-0.2, -0.15) is 0 Å². The summed E-state index contributed by atoms with van der Waals surface area (Å²) in [4.78, 5) is 17.8. The third-order valence-corrected chi connectivity index (χ3v) is 11.8. The monoisotopic (exact) mass is 979 g/mol. The number of hydrogen-bond donors (Lipinski definition) is 4. The van der Waals surface area contributed by atoms with Gasteiger partial charge in [-0.3, -0.25) is 0 Å². The van der Waals surface area contributed by atoms with E-state index in [4.69, 9.17) is 4.74 Å². The van der Waals surface area contributed by atoms with E-state index in [0.717, 1.165) is 63.9 Å². The van der Waals surface area contributed by atoms with Crippen molar-refractivity contribution in [2.75, 3.05) is 60.8 Å². The van der Waals surface area contributed by atoms with Gasteiger partial charge in [-0.1, -0.05) is 0 Å². The van der Waals surface area contributed by atoms with Gasteiger partial charge in [0.2, 0.25) is 0 Å². The Hall–Kier alpha value is -4.42. The zero-order valence-electron chi connectivity index (χ0n) is 34.2. The van der Waals surface area contributed by atoms with Gasteiger partial charge in [0.1, 0.15) is 0 Å². The summed E-state index contributed by atoms with van der Waals surface area (Å²) in [5.41, 5.74) is 8.42. The number of esters is 1. The molecule has 56 heavy (non-hydrogen) atoms. The summed E-state index contributed by atoms with van der Waals surface area (Å²) in [5, 5.41) is 21.9. The molecule has 0 aliphatic carbocycles.